The molecule has 1 aromatic rings. The summed E-state index contributed by atoms with van der Waals surface area (Å²) < 4.78 is 81.7. The van der Waals surface area contributed by atoms with Gasteiger partial charge in [-0.3, -0.25) is 4.79 Å². The molecule has 6 nitrogen and oxygen atoms in total. The molecule has 0 saturated carbocycles. The molecular formula is C14H15F6N3O3. The number of pyridine rings is 1. The van der Waals surface area contributed by atoms with Crippen molar-refractivity contribution in [2.75, 3.05) is 19.4 Å². The number of nitrogens with two attached hydrogens (primary N) is 1. The first-order valence-electron chi connectivity index (χ1n) is 6.81. The highest BCUT2D eigenvalue weighted by atomic mass is 19.4. The summed E-state index contributed by atoms with van der Waals surface area (Å²) in [5.41, 5.74) is -1.41. The minimum absolute atomic E-state index is 0.409. The average Bonchev–Trinajstić information content (AvgIpc) is 2.50. The van der Waals surface area contributed by atoms with Gasteiger partial charge in [0.15, 0.2) is 11.3 Å². The van der Waals surface area contributed by atoms with Crippen molar-refractivity contribution in [2.24, 2.45) is 0 Å². The maximum atomic E-state index is 13.1. The fraction of sp³-hybridized carbons (Fsp3) is 0.429. The minimum atomic E-state index is -5.05. The van der Waals surface area contributed by atoms with E-state index < -0.39 is 58.8 Å². The predicted molar refractivity (Wildman–Crippen MR) is 79.3 cm³/mol. The number of halogens is 6. The molecule has 0 radical (unpaired) electrons. The Hall–Kier alpha value is -2.50. The third-order valence-corrected chi connectivity index (χ3v) is 3.34. The first-order chi connectivity index (χ1) is 11.7. The van der Waals surface area contributed by atoms with E-state index in [1.165, 1.54) is 0 Å². The van der Waals surface area contributed by atoms with Gasteiger partial charge < -0.3 is 20.9 Å². The topological polar surface area (TPSA) is 97.5 Å². The molecule has 0 fully saturated rings. The Labute approximate surface area is 143 Å². The summed E-state index contributed by atoms with van der Waals surface area (Å²) in [5.74, 6) is -2.34. The standard InChI is InChI=1S/C14H15F6N3O3/c1-4-6-7(13(15,16)17)11(26-3)23-9(8(6)21)10(24)22-5-12(2,25)14(18,19)20/h4,25H,1,5,21H2,2-3H3,(H,22,24)/t12-/m0/s1. The van der Waals surface area contributed by atoms with Crippen LogP contribution < -0.4 is 15.8 Å². The fourth-order valence-electron chi connectivity index (χ4n) is 1.84. The number of aromatic nitrogens is 1. The highest BCUT2D eigenvalue weighted by molar-refractivity contribution is 5.99. The highest BCUT2D eigenvalue weighted by Crippen LogP contribution is 2.41. The zero-order valence-electron chi connectivity index (χ0n) is 13.5. The van der Waals surface area contributed by atoms with E-state index in [4.69, 9.17) is 5.73 Å². The van der Waals surface area contributed by atoms with Crippen LogP contribution in [0.5, 0.6) is 5.88 Å². The summed E-state index contributed by atoms with van der Waals surface area (Å²) in [6.45, 7) is 2.31. The summed E-state index contributed by atoms with van der Waals surface area (Å²) >= 11 is 0. The molecule has 12 heteroatoms. The van der Waals surface area contributed by atoms with Crippen molar-refractivity contribution in [3.63, 3.8) is 0 Å². The Morgan fingerprint density at radius 1 is 1.35 bits per heavy atom. The summed E-state index contributed by atoms with van der Waals surface area (Å²) in [7, 11) is 0.858. The van der Waals surface area contributed by atoms with E-state index in [1.54, 1.807) is 5.32 Å². The molecule has 0 bridgehead atoms. The van der Waals surface area contributed by atoms with Gasteiger partial charge in [0.25, 0.3) is 5.91 Å². The van der Waals surface area contributed by atoms with Crippen LogP contribution in [0.4, 0.5) is 32.0 Å². The van der Waals surface area contributed by atoms with Crippen molar-refractivity contribution >= 4 is 17.7 Å². The van der Waals surface area contributed by atoms with Crippen molar-refractivity contribution in [3.05, 3.63) is 23.4 Å². The number of aliphatic hydroxyl groups is 1. The predicted octanol–water partition coefficient (Wildman–Crippen LogP) is 2.38. The number of rotatable bonds is 5. The van der Waals surface area contributed by atoms with Crippen LogP contribution in [0.25, 0.3) is 6.08 Å². The summed E-state index contributed by atoms with van der Waals surface area (Å²) in [5, 5.41) is 11.0. The third kappa shape index (κ3) is 4.18. The third-order valence-electron chi connectivity index (χ3n) is 3.34. The number of nitrogen functional groups attached to an aromatic ring is 1. The molecule has 0 aliphatic carbocycles. The Kier molecular flexibility index (Phi) is 5.81. The van der Waals surface area contributed by atoms with Crippen molar-refractivity contribution in [2.45, 2.75) is 24.9 Å². The van der Waals surface area contributed by atoms with Gasteiger partial charge in [0.2, 0.25) is 5.88 Å². The van der Waals surface area contributed by atoms with Crippen LogP contribution in [-0.4, -0.2) is 41.4 Å². The second kappa shape index (κ2) is 7.02. The summed E-state index contributed by atoms with van der Waals surface area (Å²) in [4.78, 5) is 15.4. The van der Waals surface area contributed by atoms with Crippen LogP contribution in [0, 0.1) is 0 Å². The van der Waals surface area contributed by atoms with Crippen molar-refractivity contribution in [1.82, 2.24) is 10.3 Å². The van der Waals surface area contributed by atoms with Gasteiger partial charge in [0.1, 0.15) is 5.56 Å². The number of methoxy groups -OCH3 is 1. The molecule has 1 aromatic heterocycles. The van der Waals surface area contributed by atoms with Gasteiger partial charge >= 0.3 is 12.4 Å². The number of hydrogen-bond acceptors (Lipinski definition) is 5. The van der Waals surface area contributed by atoms with Crippen LogP contribution in [0.3, 0.4) is 0 Å². The fourth-order valence-corrected chi connectivity index (χ4v) is 1.84. The van der Waals surface area contributed by atoms with Gasteiger partial charge in [-0.15, -0.1) is 0 Å². The van der Waals surface area contributed by atoms with Crippen LogP contribution in [0.15, 0.2) is 6.58 Å². The number of hydrogen-bond donors (Lipinski definition) is 3. The van der Waals surface area contributed by atoms with Crippen molar-refractivity contribution in [1.29, 1.82) is 0 Å². The molecule has 0 unspecified atom stereocenters. The zero-order valence-corrected chi connectivity index (χ0v) is 13.5. The van der Waals surface area contributed by atoms with Gasteiger partial charge in [-0.1, -0.05) is 12.7 Å². The number of nitrogens with zero attached hydrogens (tertiary/aromatic N) is 1. The lowest BCUT2D eigenvalue weighted by molar-refractivity contribution is -0.249. The van der Waals surface area contributed by atoms with Crippen LogP contribution in [0.2, 0.25) is 0 Å². The Morgan fingerprint density at radius 2 is 1.88 bits per heavy atom. The first kappa shape index (κ1) is 21.5. The van der Waals surface area contributed by atoms with E-state index in [0.717, 1.165) is 7.11 Å². The highest BCUT2D eigenvalue weighted by Gasteiger charge is 2.50. The quantitative estimate of drug-likeness (QED) is 0.674. The van der Waals surface area contributed by atoms with Gasteiger partial charge in [0, 0.05) is 5.56 Å². The van der Waals surface area contributed by atoms with Gasteiger partial charge in [-0.25, -0.2) is 4.98 Å². The van der Waals surface area contributed by atoms with E-state index in [-0.39, 0.29) is 0 Å². The molecule has 26 heavy (non-hydrogen) atoms. The summed E-state index contributed by atoms with van der Waals surface area (Å²) in [6, 6.07) is 0. The van der Waals surface area contributed by atoms with Crippen LogP contribution in [-0.2, 0) is 6.18 Å². The molecule has 0 saturated heterocycles. The number of alkyl halides is 6. The lowest BCUT2D eigenvalue weighted by Gasteiger charge is -2.26. The van der Waals surface area contributed by atoms with E-state index in [1.807, 2.05) is 0 Å². The molecule has 0 aliphatic rings. The van der Waals surface area contributed by atoms with Crippen LogP contribution >= 0.6 is 0 Å². The number of carbonyl (C=O) groups is 1. The normalized spacial score (nSPS) is 14.5. The molecule has 1 atom stereocenters. The molecule has 1 heterocycles. The Balaban J connectivity index is 3.34. The number of amides is 1. The molecule has 0 aromatic carbocycles. The largest absolute Gasteiger partial charge is 0.481 e. The maximum absolute atomic E-state index is 13.1. The van der Waals surface area contributed by atoms with E-state index in [2.05, 4.69) is 16.3 Å². The zero-order chi connectivity index (χ0) is 20.5. The van der Waals surface area contributed by atoms with E-state index in [0.29, 0.717) is 13.0 Å². The molecule has 0 spiro atoms. The second-order valence-electron chi connectivity index (χ2n) is 5.33. The van der Waals surface area contributed by atoms with Crippen LogP contribution in [0.1, 0.15) is 28.5 Å². The number of ether oxygens (including phenoxy) is 1. The Bertz CT molecular complexity index is 713. The molecule has 1 rings (SSSR count). The SMILES string of the molecule is C=Cc1c(N)c(C(=O)NC[C@](C)(O)C(F)(F)F)nc(OC)c1C(F)(F)F. The monoisotopic (exact) mass is 387 g/mol. The van der Waals surface area contributed by atoms with Gasteiger partial charge in [-0.2, -0.15) is 26.3 Å². The van der Waals surface area contributed by atoms with Gasteiger partial charge in [0.05, 0.1) is 19.3 Å². The lowest BCUT2D eigenvalue weighted by Crippen LogP contribution is -2.51. The molecule has 4 N–H and O–H groups in total. The number of carbonyl (C=O) groups excluding carboxylic acids is 1. The first-order valence-corrected chi connectivity index (χ1v) is 6.81. The lowest BCUT2D eigenvalue weighted by atomic mass is 10.0. The Morgan fingerprint density at radius 3 is 2.27 bits per heavy atom. The molecule has 0 aliphatic heterocycles. The summed E-state index contributed by atoms with van der Waals surface area (Å²) in [6.07, 6.45) is -9.28. The van der Waals surface area contributed by atoms with Crippen molar-refractivity contribution < 1.29 is 41.0 Å². The molecule has 1 amide bonds. The molecular weight excluding hydrogens is 372 g/mol. The maximum Gasteiger partial charge on any atom is 0.422 e. The smallest absolute Gasteiger partial charge is 0.422 e. The minimum Gasteiger partial charge on any atom is -0.481 e. The van der Waals surface area contributed by atoms with E-state index in [9.17, 15) is 36.2 Å². The van der Waals surface area contributed by atoms with E-state index >= 15 is 0 Å². The average molecular weight is 387 g/mol. The molecule has 146 valence electrons. The van der Waals surface area contributed by atoms with Gasteiger partial charge in [-0.05, 0) is 6.92 Å². The second-order valence-corrected chi connectivity index (χ2v) is 5.33. The number of nitrogens with one attached hydrogen (secondary N) is 1. The number of anilines is 1. The van der Waals surface area contributed by atoms with Crippen molar-refractivity contribution in [3.8, 4) is 5.88 Å².